The molecule has 1 aliphatic carbocycles. The van der Waals surface area contributed by atoms with Gasteiger partial charge in [0.05, 0.1) is 6.61 Å². The summed E-state index contributed by atoms with van der Waals surface area (Å²) in [6.45, 7) is 10.1. The van der Waals surface area contributed by atoms with Crippen molar-refractivity contribution in [2.24, 2.45) is 5.92 Å². The van der Waals surface area contributed by atoms with E-state index in [1.807, 2.05) is 0 Å². The van der Waals surface area contributed by atoms with Gasteiger partial charge in [-0.3, -0.25) is 4.90 Å². The summed E-state index contributed by atoms with van der Waals surface area (Å²) in [6, 6.07) is 0.655. The number of hydrogen-bond donors (Lipinski definition) is 0. The minimum Gasteiger partial charge on any atom is -0.379 e. The van der Waals surface area contributed by atoms with Gasteiger partial charge in [-0.2, -0.15) is 0 Å². The Labute approximate surface area is 87.6 Å². The van der Waals surface area contributed by atoms with Gasteiger partial charge in [0.15, 0.2) is 0 Å². The highest BCUT2D eigenvalue weighted by atomic mass is 16.5. The second-order valence-electron chi connectivity index (χ2n) is 5.32. The maximum Gasteiger partial charge on any atom is 0.0650 e. The first-order valence-electron chi connectivity index (χ1n) is 5.99. The molecular formula is C12H23NO. The Kier molecular flexibility index (Phi) is 2.85. The maximum absolute atomic E-state index is 5.75. The monoisotopic (exact) mass is 197 g/mol. The topological polar surface area (TPSA) is 12.5 Å². The summed E-state index contributed by atoms with van der Waals surface area (Å²) < 4.78 is 5.75. The average Bonchev–Trinajstić information content (AvgIpc) is 2.87. The Morgan fingerprint density at radius 3 is 2.64 bits per heavy atom. The molecular weight excluding hydrogens is 174 g/mol. The van der Waals surface area contributed by atoms with E-state index in [9.17, 15) is 0 Å². The molecule has 0 spiro atoms. The van der Waals surface area contributed by atoms with Gasteiger partial charge in [-0.1, -0.05) is 0 Å². The van der Waals surface area contributed by atoms with E-state index in [2.05, 4.69) is 25.7 Å². The third-order valence-electron chi connectivity index (χ3n) is 3.82. The molecule has 1 unspecified atom stereocenters. The van der Waals surface area contributed by atoms with Crippen LogP contribution in [-0.2, 0) is 4.74 Å². The third-order valence-corrected chi connectivity index (χ3v) is 3.82. The summed E-state index contributed by atoms with van der Waals surface area (Å²) in [4.78, 5) is 2.66. The van der Waals surface area contributed by atoms with Gasteiger partial charge in [0.25, 0.3) is 0 Å². The lowest BCUT2D eigenvalue weighted by Crippen LogP contribution is -2.53. The molecule has 2 heteroatoms. The molecule has 2 fully saturated rings. The fourth-order valence-electron chi connectivity index (χ4n) is 2.86. The van der Waals surface area contributed by atoms with Crippen LogP contribution < -0.4 is 0 Å². The van der Waals surface area contributed by atoms with Crippen molar-refractivity contribution in [2.75, 3.05) is 19.8 Å². The molecule has 2 nitrogen and oxygen atoms in total. The van der Waals surface area contributed by atoms with Gasteiger partial charge in [0.1, 0.15) is 0 Å². The van der Waals surface area contributed by atoms with E-state index in [4.69, 9.17) is 4.74 Å². The first-order chi connectivity index (χ1) is 6.64. The van der Waals surface area contributed by atoms with Gasteiger partial charge in [0, 0.05) is 24.7 Å². The van der Waals surface area contributed by atoms with E-state index >= 15 is 0 Å². The quantitative estimate of drug-likeness (QED) is 0.673. The number of hydrogen-bond acceptors (Lipinski definition) is 2. The van der Waals surface area contributed by atoms with Crippen molar-refractivity contribution in [3.05, 3.63) is 0 Å². The second-order valence-corrected chi connectivity index (χ2v) is 5.32. The largest absolute Gasteiger partial charge is 0.379 e. The molecule has 1 aliphatic heterocycles. The standard InChI is InChI=1S/C12H23NO/c1-10(2)13-7-4-8-14-9-12(13,3)11-5-6-11/h10-11H,4-9H2,1-3H3. The van der Waals surface area contributed by atoms with Crippen LogP contribution in [0.25, 0.3) is 0 Å². The minimum atomic E-state index is 0.324. The average molecular weight is 197 g/mol. The molecule has 0 N–H and O–H groups in total. The maximum atomic E-state index is 5.75. The van der Waals surface area contributed by atoms with Gasteiger partial charge < -0.3 is 4.74 Å². The number of rotatable bonds is 2. The molecule has 1 saturated heterocycles. The molecule has 0 aromatic heterocycles. The lowest BCUT2D eigenvalue weighted by Gasteiger charge is -2.42. The predicted molar refractivity (Wildman–Crippen MR) is 58.4 cm³/mol. The molecule has 0 aromatic rings. The highest BCUT2D eigenvalue weighted by molar-refractivity contribution is 5.01. The SMILES string of the molecule is CC(C)N1CCCOCC1(C)C1CC1. The Morgan fingerprint density at radius 1 is 1.36 bits per heavy atom. The van der Waals surface area contributed by atoms with Gasteiger partial charge in [-0.05, 0) is 46.0 Å². The molecule has 0 aromatic carbocycles. The molecule has 1 atom stereocenters. The molecule has 2 rings (SSSR count). The fourth-order valence-corrected chi connectivity index (χ4v) is 2.86. The zero-order valence-corrected chi connectivity index (χ0v) is 9.75. The van der Waals surface area contributed by atoms with E-state index in [0.717, 1.165) is 19.1 Å². The summed E-state index contributed by atoms with van der Waals surface area (Å²) in [5, 5.41) is 0. The molecule has 14 heavy (non-hydrogen) atoms. The smallest absolute Gasteiger partial charge is 0.0650 e. The van der Waals surface area contributed by atoms with Crippen molar-refractivity contribution < 1.29 is 4.74 Å². The molecule has 0 bridgehead atoms. The van der Waals surface area contributed by atoms with Crippen molar-refractivity contribution in [2.45, 2.75) is 51.6 Å². The summed E-state index contributed by atoms with van der Waals surface area (Å²) in [6.07, 6.45) is 4.01. The van der Waals surface area contributed by atoms with Crippen molar-refractivity contribution in [3.63, 3.8) is 0 Å². The fraction of sp³-hybridized carbons (Fsp3) is 1.00. The van der Waals surface area contributed by atoms with Crippen LogP contribution in [0.2, 0.25) is 0 Å². The van der Waals surface area contributed by atoms with Crippen LogP contribution in [-0.4, -0.2) is 36.2 Å². The Balaban J connectivity index is 2.14. The van der Waals surface area contributed by atoms with Gasteiger partial charge >= 0.3 is 0 Å². The van der Waals surface area contributed by atoms with E-state index in [1.54, 1.807) is 0 Å². The van der Waals surface area contributed by atoms with Crippen molar-refractivity contribution in [1.82, 2.24) is 4.90 Å². The first-order valence-corrected chi connectivity index (χ1v) is 5.99. The van der Waals surface area contributed by atoms with Crippen LogP contribution in [0.15, 0.2) is 0 Å². The summed E-state index contributed by atoms with van der Waals surface area (Å²) in [5.74, 6) is 0.892. The van der Waals surface area contributed by atoms with Crippen molar-refractivity contribution >= 4 is 0 Å². The number of nitrogens with zero attached hydrogens (tertiary/aromatic N) is 1. The van der Waals surface area contributed by atoms with Crippen molar-refractivity contribution in [3.8, 4) is 0 Å². The normalized spacial score (nSPS) is 36.0. The number of ether oxygens (including phenoxy) is 1. The first kappa shape index (κ1) is 10.4. The van der Waals surface area contributed by atoms with Crippen LogP contribution in [0, 0.1) is 5.92 Å². The highest BCUT2D eigenvalue weighted by Gasteiger charge is 2.47. The predicted octanol–water partition coefficient (Wildman–Crippen LogP) is 2.29. The molecule has 1 saturated carbocycles. The lowest BCUT2D eigenvalue weighted by atomic mass is 9.93. The lowest BCUT2D eigenvalue weighted by molar-refractivity contribution is 0.00517. The van der Waals surface area contributed by atoms with Crippen LogP contribution in [0.1, 0.15) is 40.0 Å². The Morgan fingerprint density at radius 2 is 2.07 bits per heavy atom. The summed E-state index contributed by atoms with van der Waals surface area (Å²) in [7, 11) is 0. The third kappa shape index (κ3) is 1.82. The van der Waals surface area contributed by atoms with E-state index in [-0.39, 0.29) is 0 Å². The van der Waals surface area contributed by atoms with E-state index in [0.29, 0.717) is 11.6 Å². The van der Waals surface area contributed by atoms with Crippen LogP contribution >= 0.6 is 0 Å². The van der Waals surface area contributed by atoms with Crippen LogP contribution in [0.4, 0.5) is 0 Å². The Bertz CT molecular complexity index is 200. The Hall–Kier alpha value is -0.0800. The van der Waals surface area contributed by atoms with Gasteiger partial charge in [-0.25, -0.2) is 0 Å². The van der Waals surface area contributed by atoms with Crippen LogP contribution in [0.5, 0.6) is 0 Å². The summed E-state index contributed by atoms with van der Waals surface area (Å²) >= 11 is 0. The summed E-state index contributed by atoms with van der Waals surface area (Å²) in [5.41, 5.74) is 0.324. The van der Waals surface area contributed by atoms with E-state index < -0.39 is 0 Å². The molecule has 82 valence electrons. The molecule has 1 heterocycles. The van der Waals surface area contributed by atoms with E-state index in [1.165, 1.54) is 25.8 Å². The highest BCUT2D eigenvalue weighted by Crippen LogP contribution is 2.44. The molecule has 0 radical (unpaired) electrons. The van der Waals surface area contributed by atoms with Crippen LogP contribution in [0.3, 0.4) is 0 Å². The minimum absolute atomic E-state index is 0.324. The second kappa shape index (κ2) is 3.82. The van der Waals surface area contributed by atoms with Gasteiger partial charge in [0.2, 0.25) is 0 Å². The van der Waals surface area contributed by atoms with Gasteiger partial charge in [-0.15, -0.1) is 0 Å². The zero-order valence-electron chi connectivity index (χ0n) is 9.75. The van der Waals surface area contributed by atoms with Crippen molar-refractivity contribution in [1.29, 1.82) is 0 Å². The zero-order chi connectivity index (χ0) is 10.2. The molecule has 2 aliphatic rings. The molecule has 0 amide bonds.